The standard InChI is InChI=1S/C26H36N4O3S/c1-21-11-12-23(19-25(21)34(32,33)30-13-7-4-8-14-30)26(31)27-24(22-9-5-3-6-10-22)20-29-17-15-28(2)16-18-29/h3,5-6,9-12,19,24H,4,7-8,13-18,20H2,1-2H3,(H,27,31). The summed E-state index contributed by atoms with van der Waals surface area (Å²) < 4.78 is 28.2. The molecule has 2 saturated heterocycles. The number of nitrogens with one attached hydrogen (secondary N) is 1. The van der Waals surface area contributed by atoms with Crippen molar-refractivity contribution in [2.75, 3.05) is 52.9 Å². The second kappa shape index (κ2) is 11.0. The van der Waals surface area contributed by atoms with Gasteiger partial charge >= 0.3 is 0 Å². The molecule has 0 aliphatic carbocycles. The molecule has 8 heteroatoms. The Morgan fingerprint density at radius 3 is 2.29 bits per heavy atom. The Kier molecular flexibility index (Phi) is 8.03. The topological polar surface area (TPSA) is 73.0 Å². The second-order valence-electron chi connectivity index (χ2n) is 9.49. The van der Waals surface area contributed by atoms with Crippen LogP contribution in [0.25, 0.3) is 0 Å². The predicted molar refractivity (Wildman–Crippen MR) is 134 cm³/mol. The summed E-state index contributed by atoms with van der Waals surface area (Å²) in [7, 11) is -1.49. The molecule has 0 aromatic heterocycles. The fourth-order valence-corrected chi connectivity index (χ4v) is 6.48. The van der Waals surface area contributed by atoms with Crippen molar-refractivity contribution < 1.29 is 13.2 Å². The lowest BCUT2D eigenvalue weighted by Crippen LogP contribution is -2.47. The summed E-state index contributed by atoms with van der Waals surface area (Å²) in [5, 5.41) is 3.18. The molecule has 1 N–H and O–H groups in total. The highest BCUT2D eigenvalue weighted by Gasteiger charge is 2.29. The predicted octanol–water partition coefficient (Wildman–Crippen LogP) is 2.89. The minimum absolute atomic E-state index is 0.180. The Labute approximate surface area is 203 Å². The number of benzene rings is 2. The zero-order chi connectivity index (χ0) is 24.1. The van der Waals surface area contributed by atoms with E-state index in [-0.39, 0.29) is 16.8 Å². The van der Waals surface area contributed by atoms with E-state index in [0.717, 1.165) is 51.0 Å². The van der Waals surface area contributed by atoms with Crippen LogP contribution in [0.2, 0.25) is 0 Å². The van der Waals surface area contributed by atoms with Crippen molar-refractivity contribution in [3.05, 3.63) is 65.2 Å². The Hall–Kier alpha value is -2.26. The molecular weight excluding hydrogens is 448 g/mol. The van der Waals surface area contributed by atoms with Gasteiger partial charge in [0.15, 0.2) is 0 Å². The molecule has 7 nitrogen and oxygen atoms in total. The summed E-state index contributed by atoms with van der Waals surface area (Å²) in [4.78, 5) is 18.3. The Morgan fingerprint density at radius 2 is 1.62 bits per heavy atom. The molecule has 0 spiro atoms. The first kappa shape index (κ1) is 24.9. The zero-order valence-electron chi connectivity index (χ0n) is 20.2. The molecule has 184 valence electrons. The number of amides is 1. The summed E-state index contributed by atoms with van der Waals surface area (Å²) in [6.07, 6.45) is 2.81. The lowest BCUT2D eigenvalue weighted by atomic mass is 10.0. The summed E-state index contributed by atoms with van der Waals surface area (Å²) in [6.45, 7) is 7.51. The summed E-state index contributed by atoms with van der Waals surface area (Å²) >= 11 is 0. The lowest BCUT2D eigenvalue weighted by molar-refractivity contribution is 0.0907. The number of hydrogen-bond donors (Lipinski definition) is 1. The highest BCUT2D eigenvalue weighted by atomic mass is 32.2. The van der Waals surface area contributed by atoms with Gasteiger partial charge < -0.3 is 10.2 Å². The van der Waals surface area contributed by atoms with Gasteiger partial charge in [-0.15, -0.1) is 0 Å². The van der Waals surface area contributed by atoms with E-state index in [1.807, 2.05) is 30.3 Å². The molecule has 2 heterocycles. The van der Waals surface area contributed by atoms with E-state index < -0.39 is 10.0 Å². The van der Waals surface area contributed by atoms with Gasteiger partial charge in [-0.05, 0) is 50.1 Å². The molecule has 0 radical (unpaired) electrons. The molecule has 1 atom stereocenters. The van der Waals surface area contributed by atoms with Gasteiger partial charge in [-0.25, -0.2) is 8.42 Å². The van der Waals surface area contributed by atoms with Crippen molar-refractivity contribution in [1.82, 2.24) is 19.4 Å². The van der Waals surface area contributed by atoms with Crippen LogP contribution in [0.1, 0.15) is 46.8 Å². The highest BCUT2D eigenvalue weighted by molar-refractivity contribution is 7.89. The number of likely N-dealkylation sites (N-methyl/N-ethyl adjacent to an activating group) is 1. The number of hydrogen-bond acceptors (Lipinski definition) is 5. The van der Waals surface area contributed by atoms with Gasteiger partial charge in [0.2, 0.25) is 10.0 Å². The van der Waals surface area contributed by atoms with Crippen LogP contribution in [0.5, 0.6) is 0 Å². The largest absolute Gasteiger partial charge is 0.344 e. The number of piperazine rings is 1. The van der Waals surface area contributed by atoms with Crippen LogP contribution in [0.15, 0.2) is 53.4 Å². The third-order valence-electron chi connectivity index (χ3n) is 6.93. The van der Waals surface area contributed by atoms with Crippen LogP contribution in [0, 0.1) is 6.92 Å². The van der Waals surface area contributed by atoms with Crippen LogP contribution < -0.4 is 5.32 Å². The maximum atomic E-state index is 13.3. The fraction of sp³-hybridized carbons (Fsp3) is 0.500. The lowest BCUT2D eigenvalue weighted by Gasteiger charge is -2.35. The SMILES string of the molecule is Cc1ccc(C(=O)NC(CN2CCN(C)CC2)c2ccccc2)cc1S(=O)(=O)N1CCCCC1. The van der Waals surface area contributed by atoms with Gasteiger partial charge in [-0.3, -0.25) is 9.69 Å². The van der Waals surface area contributed by atoms with Crippen LogP contribution in [-0.4, -0.2) is 81.3 Å². The normalized spacial score (nSPS) is 19.6. The van der Waals surface area contributed by atoms with Crippen molar-refractivity contribution in [2.45, 2.75) is 37.1 Å². The van der Waals surface area contributed by atoms with E-state index in [4.69, 9.17) is 0 Å². The van der Waals surface area contributed by atoms with Crippen molar-refractivity contribution in [2.24, 2.45) is 0 Å². The van der Waals surface area contributed by atoms with Crippen molar-refractivity contribution >= 4 is 15.9 Å². The quantitative estimate of drug-likeness (QED) is 0.654. The third kappa shape index (κ3) is 5.86. The fourth-order valence-electron chi connectivity index (χ4n) is 4.71. The van der Waals surface area contributed by atoms with Gasteiger partial charge in [0.05, 0.1) is 10.9 Å². The molecule has 2 aliphatic rings. The molecule has 2 fully saturated rings. The average Bonchev–Trinajstić information content (AvgIpc) is 2.86. The van der Waals surface area contributed by atoms with Crippen molar-refractivity contribution in [1.29, 1.82) is 0 Å². The molecule has 0 saturated carbocycles. The molecule has 1 amide bonds. The maximum absolute atomic E-state index is 13.3. The van der Waals surface area contributed by atoms with Gasteiger partial charge in [0.25, 0.3) is 5.91 Å². The maximum Gasteiger partial charge on any atom is 0.251 e. The van der Waals surface area contributed by atoms with E-state index in [1.54, 1.807) is 29.4 Å². The van der Waals surface area contributed by atoms with E-state index in [2.05, 4.69) is 22.2 Å². The van der Waals surface area contributed by atoms with Gasteiger partial charge in [-0.2, -0.15) is 4.31 Å². The number of carbonyl (C=O) groups is 1. The Morgan fingerprint density at radius 1 is 0.941 bits per heavy atom. The van der Waals surface area contributed by atoms with Crippen molar-refractivity contribution in [3.63, 3.8) is 0 Å². The minimum atomic E-state index is -3.62. The molecule has 1 unspecified atom stereocenters. The Bertz CT molecular complexity index is 1080. The number of sulfonamides is 1. The molecule has 34 heavy (non-hydrogen) atoms. The average molecular weight is 485 g/mol. The van der Waals surface area contributed by atoms with Crippen molar-refractivity contribution in [3.8, 4) is 0 Å². The molecular formula is C26H36N4O3S. The first-order chi connectivity index (χ1) is 16.3. The Balaban J connectivity index is 1.55. The van der Waals surface area contributed by atoms with Crippen LogP contribution in [0.3, 0.4) is 0 Å². The smallest absolute Gasteiger partial charge is 0.251 e. The second-order valence-corrected chi connectivity index (χ2v) is 11.4. The molecule has 4 rings (SSSR count). The first-order valence-corrected chi connectivity index (χ1v) is 13.7. The summed E-state index contributed by atoms with van der Waals surface area (Å²) in [5.74, 6) is -0.252. The first-order valence-electron chi connectivity index (χ1n) is 12.2. The number of piperidine rings is 1. The number of aryl methyl sites for hydroxylation is 1. The molecule has 2 aromatic rings. The summed E-state index contributed by atoms with van der Waals surface area (Å²) in [6, 6.07) is 14.8. The van der Waals surface area contributed by atoms with Crippen LogP contribution >= 0.6 is 0 Å². The highest BCUT2D eigenvalue weighted by Crippen LogP contribution is 2.25. The number of rotatable bonds is 7. The number of carbonyl (C=O) groups excluding carboxylic acids is 1. The van der Waals surface area contributed by atoms with E-state index in [1.165, 1.54) is 0 Å². The van der Waals surface area contributed by atoms with Gasteiger partial charge in [0.1, 0.15) is 0 Å². The van der Waals surface area contributed by atoms with E-state index in [9.17, 15) is 13.2 Å². The van der Waals surface area contributed by atoms with Crippen LogP contribution in [-0.2, 0) is 10.0 Å². The minimum Gasteiger partial charge on any atom is -0.344 e. The number of nitrogens with zero attached hydrogens (tertiary/aromatic N) is 3. The summed E-state index contributed by atoms with van der Waals surface area (Å²) in [5.41, 5.74) is 2.09. The van der Waals surface area contributed by atoms with E-state index >= 15 is 0 Å². The molecule has 2 aromatic carbocycles. The van der Waals surface area contributed by atoms with Gasteiger partial charge in [0, 0.05) is 51.4 Å². The van der Waals surface area contributed by atoms with Gasteiger partial charge in [-0.1, -0.05) is 42.8 Å². The third-order valence-corrected chi connectivity index (χ3v) is 8.97. The zero-order valence-corrected chi connectivity index (χ0v) is 21.1. The van der Waals surface area contributed by atoms with Crippen LogP contribution in [0.4, 0.5) is 0 Å². The van der Waals surface area contributed by atoms with E-state index in [0.29, 0.717) is 30.8 Å². The monoisotopic (exact) mass is 484 g/mol. The molecule has 2 aliphatic heterocycles. The molecule has 0 bridgehead atoms.